The number of hydrogen-bond acceptors (Lipinski definition) is 16. The molecule has 3 aliphatic heterocycles. The summed E-state index contributed by atoms with van der Waals surface area (Å²) in [4.78, 5) is 101. The van der Waals surface area contributed by atoms with E-state index in [4.69, 9.17) is 48.4 Å². The molecular formula is C65H76N8O12. The molecule has 2 aromatic heterocycles. The molecule has 4 bridgehead atoms. The van der Waals surface area contributed by atoms with Crippen molar-refractivity contribution in [1.29, 1.82) is 0 Å². The second-order valence-corrected chi connectivity index (χ2v) is 22.6. The average molecular weight is 1160 g/mol. The Morgan fingerprint density at radius 2 is 1.40 bits per heavy atom. The first-order valence-electron chi connectivity index (χ1n) is 27.8. The number of amides is 4. The van der Waals surface area contributed by atoms with Crippen molar-refractivity contribution in [1.82, 2.24) is 40.4 Å². The lowest BCUT2D eigenvalue weighted by Gasteiger charge is -2.34. The van der Waals surface area contributed by atoms with Crippen LogP contribution in [0.15, 0.2) is 122 Å². The second-order valence-electron chi connectivity index (χ2n) is 22.6. The van der Waals surface area contributed by atoms with E-state index in [2.05, 4.69) is 23.8 Å². The molecule has 0 spiro atoms. The molecular weight excluding hydrogens is 1080 g/mol. The summed E-state index contributed by atoms with van der Waals surface area (Å²) in [6.07, 6.45) is 5.94. The summed E-state index contributed by atoms with van der Waals surface area (Å²) in [5, 5.41) is 5.41. The molecule has 6 aromatic rings. The summed E-state index contributed by atoms with van der Waals surface area (Å²) in [7, 11) is 2.56. The normalized spacial score (nSPS) is 19.5. The van der Waals surface area contributed by atoms with Crippen LogP contribution in [-0.4, -0.2) is 143 Å². The number of esters is 2. The number of rotatable bonds is 11. The first kappa shape index (κ1) is 63.4. The molecule has 2 saturated heterocycles. The zero-order valence-corrected chi connectivity index (χ0v) is 48.7. The minimum absolute atomic E-state index is 0. The van der Waals surface area contributed by atoms with Gasteiger partial charge >= 0.3 is 24.1 Å². The molecule has 0 aliphatic carbocycles. The van der Waals surface area contributed by atoms with E-state index < -0.39 is 83.1 Å². The zero-order valence-electron chi connectivity index (χ0n) is 48.7. The third-order valence-corrected chi connectivity index (χ3v) is 14.4. The van der Waals surface area contributed by atoms with Gasteiger partial charge in [-0.05, 0) is 71.2 Å². The molecule has 4 aromatic carbocycles. The van der Waals surface area contributed by atoms with Gasteiger partial charge in [-0.3, -0.25) is 9.59 Å². The van der Waals surface area contributed by atoms with Gasteiger partial charge in [0.25, 0.3) is 0 Å². The van der Waals surface area contributed by atoms with Crippen molar-refractivity contribution in [3.05, 3.63) is 133 Å². The van der Waals surface area contributed by atoms with E-state index in [1.54, 1.807) is 12.2 Å². The molecule has 20 heteroatoms. The summed E-state index contributed by atoms with van der Waals surface area (Å²) in [5.41, 5.74) is 5.87. The highest BCUT2D eigenvalue weighted by Gasteiger charge is 2.48. The van der Waals surface area contributed by atoms with Crippen LogP contribution in [0.2, 0.25) is 0 Å². The fourth-order valence-corrected chi connectivity index (χ4v) is 10.0. The van der Waals surface area contributed by atoms with Crippen molar-refractivity contribution >= 4 is 70.2 Å². The van der Waals surface area contributed by atoms with Gasteiger partial charge in [0, 0.05) is 24.0 Å². The van der Waals surface area contributed by atoms with Crippen LogP contribution in [0.25, 0.3) is 56.7 Å². The molecule has 2 fully saturated rings. The number of fused-ring (bicyclic) bond motifs is 8. The maximum Gasteiger partial charge on any atom is 0.407 e. The van der Waals surface area contributed by atoms with Crippen molar-refractivity contribution in [2.45, 2.75) is 111 Å². The summed E-state index contributed by atoms with van der Waals surface area (Å²) < 4.78 is 33.6. The van der Waals surface area contributed by atoms with E-state index >= 15 is 0 Å². The number of carbonyl (C=O) groups excluding carboxylic acids is 6. The maximum atomic E-state index is 14.0. The van der Waals surface area contributed by atoms with Crippen molar-refractivity contribution in [3.8, 4) is 34.3 Å². The van der Waals surface area contributed by atoms with Gasteiger partial charge in [-0.15, -0.1) is 6.58 Å². The minimum atomic E-state index is -0.979. The van der Waals surface area contributed by atoms with Crippen LogP contribution in [0.4, 0.5) is 9.59 Å². The third-order valence-electron chi connectivity index (χ3n) is 14.4. The first-order valence-corrected chi connectivity index (χ1v) is 27.8. The Labute approximate surface area is 496 Å². The number of methoxy groups -OCH3 is 2. The molecule has 0 saturated carbocycles. The van der Waals surface area contributed by atoms with E-state index in [-0.39, 0.29) is 52.5 Å². The van der Waals surface area contributed by atoms with E-state index in [9.17, 15) is 28.8 Å². The number of para-hydroxylation sites is 4. The van der Waals surface area contributed by atoms with Crippen LogP contribution in [0.5, 0.6) is 11.8 Å². The molecule has 85 heavy (non-hydrogen) atoms. The van der Waals surface area contributed by atoms with Gasteiger partial charge < -0.3 is 48.9 Å². The summed E-state index contributed by atoms with van der Waals surface area (Å²) in [6.45, 7) is 18.9. The Bertz CT molecular complexity index is 3460. The molecule has 6 atom stereocenters. The van der Waals surface area contributed by atoms with Crippen molar-refractivity contribution in [2.24, 2.45) is 10.8 Å². The SMILES string of the molecule is C.C=CCCOC(=O)N[C@H](C(=O)N1C[C@H](Oc2nc3ccccc3nc2-c2cccc(C=C)c2)C[C@H]1C(=O)OC)C(C)(C)C.COC(=O)[C@@H]1C[C@@H]2CN1C(=O)[C@H](C(C)(C)C)NC(=O)OCC/C=C/c1cccc(c1)-c1nc3ccccc3nc1O2. The maximum absolute atomic E-state index is 14.0. The molecule has 5 heterocycles. The molecule has 2 N–H and O–H groups in total. The van der Waals surface area contributed by atoms with Crippen LogP contribution < -0.4 is 20.1 Å². The number of ether oxygens (including phenoxy) is 6. The number of cyclic esters (lactones) is 1. The van der Waals surface area contributed by atoms with Crippen LogP contribution in [0.1, 0.15) is 85.8 Å². The lowest BCUT2D eigenvalue weighted by molar-refractivity contribution is -0.152. The van der Waals surface area contributed by atoms with Crippen molar-refractivity contribution < 1.29 is 57.2 Å². The Morgan fingerprint density at radius 1 is 0.776 bits per heavy atom. The molecule has 3 aliphatic rings. The minimum Gasteiger partial charge on any atom is -0.471 e. The Kier molecular flexibility index (Phi) is 20.8. The second kappa shape index (κ2) is 27.9. The van der Waals surface area contributed by atoms with Crippen molar-refractivity contribution in [2.75, 3.05) is 40.5 Å². The molecule has 0 unspecified atom stereocenters. The molecule has 4 amide bonds. The fourth-order valence-electron chi connectivity index (χ4n) is 10.0. The highest BCUT2D eigenvalue weighted by atomic mass is 16.6. The number of carbonyl (C=O) groups is 6. The van der Waals surface area contributed by atoms with Gasteiger partial charge in [0.1, 0.15) is 47.8 Å². The highest BCUT2D eigenvalue weighted by molar-refractivity contribution is 5.92. The van der Waals surface area contributed by atoms with Gasteiger partial charge in [-0.25, -0.2) is 39.1 Å². The molecule has 448 valence electrons. The molecule has 9 rings (SSSR count). The number of aromatic nitrogens is 4. The first-order chi connectivity index (χ1) is 40.2. The van der Waals surface area contributed by atoms with Gasteiger partial charge in [0.05, 0.1) is 62.6 Å². The number of alkyl carbamates (subject to hydrolysis) is 2. The predicted molar refractivity (Wildman–Crippen MR) is 324 cm³/mol. The Balaban J connectivity index is 0.000000241. The van der Waals surface area contributed by atoms with Gasteiger partial charge in [-0.1, -0.05) is 141 Å². The fraction of sp³-hybridized carbons (Fsp3) is 0.385. The number of nitrogens with zero attached hydrogens (tertiary/aromatic N) is 6. The van der Waals surface area contributed by atoms with Gasteiger partial charge in [0.15, 0.2) is 0 Å². The summed E-state index contributed by atoms with van der Waals surface area (Å²) in [5.74, 6) is -1.42. The molecule has 20 nitrogen and oxygen atoms in total. The summed E-state index contributed by atoms with van der Waals surface area (Å²) >= 11 is 0. The van der Waals surface area contributed by atoms with E-state index in [1.165, 1.54) is 24.0 Å². The van der Waals surface area contributed by atoms with Crippen LogP contribution >= 0.6 is 0 Å². The average Bonchev–Trinajstić information content (AvgIpc) is 2.92. The number of nitrogens with one attached hydrogen (secondary N) is 2. The Morgan fingerprint density at radius 3 is 2.04 bits per heavy atom. The lowest BCUT2D eigenvalue weighted by atomic mass is 9.85. The van der Waals surface area contributed by atoms with Crippen LogP contribution in [0.3, 0.4) is 0 Å². The van der Waals surface area contributed by atoms with Crippen LogP contribution in [0, 0.1) is 10.8 Å². The Hall–Kier alpha value is -9.20. The number of likely N-dealkylation sites (tertiary alicyclic amines) is 1. The highest BCUT2D eigenvalue weighted by Crippen LogP contribution is 2.36. The molecule has 0 radical (unpaired) electrons. The van der Waals surface area contributed by atoms with E-state index in [0.29, 0.717) is 46.7 Å². The third kappa shape index (κ3) is 15.5. The van der Waals surface area contributed by atoms with E-state index in [0.717, 1.165) is 27.8 Å². The van der Waals surface area contributed by atoms with Gasteiger partial charge in [0.2, 0.25) is 23.6 Å². The predicted octanol–water partition coefficient (Wildman–Crippen LogP) is 10.2. The largest absolute Gasteiger partial charge is 0.471 e. The van der Waals surface area contributed by atoms with Crippen molar-refractivity contribution in [3.63, 3.8) is 0 Å². The lowest BCUT2D eigenvalue weighted by Crippen LogP contribution is -2.57. The van der Waals surface area contributed by atoms with Gasteiger partial charge in [-0.2, -0.15) is 0 Å². The zero-order chi connectivity index (χ0) is 60.3. The number of benzene rings is 4. The topological polar surface area (TPSA) is 240 Å². The van der Waals surface area contributed by atoms with E-state index in [1.807, 2.05) is 151 Å². The number of hydrogen-bond donors (Lipinski definition) is 2. The van der Waals surface area contributed by atoms with Crippen LogP contribution in [-0.2, 0) is 38.1 Å². The quantitative estimate of drug-likeness (QED) is 0.0531. The smallest absolute Gasteiger partial charge is 0.407 e. The summed E-state index contributed by atoms with van der Waals surface area (Å²) in [6, 6.07) is 26.7. The monoisotopic (exact) mass is 1160 g/mol. The standard InChI is InChI=1S/C33H38N4O6.C31H34N4O6.CH4/c1-7-9-17-42-32(40)36-28(33(3,4)5)30(38)37-20-23(19-26(37)31(39)41-6)43-29-27(22-14-12-13-21(8-2)18-22)34-24-15-10-11-16-25(24)35-29;1-31(2,3)26-28(36)35-18-21(17-24(35)29(37)39-4)41-27-25(32-22-13-5-6-14-23(22)33-27)20-12-9-11-19(16-20)10-7-8-15-40-30(38)34-26;/h7-8,10-16,18,23,26,28H,1-2,9,17,19-20H2,3-6H3,(H,36,40);5-7,9-14,16,21,24,26H,8,15,17-18H2,1-4H3,(H,34,38);1H4/b;10-7+;/t23-,26+,28-;21-,24+,26-;/m11./s1.